The van der Waals surface area contributed by atoms with Gasteiger partial charge in [0, 0.05) is 6.42 Å². The smallest absolute Gasteiger partial charge is 0.109 e. The van der Waals surface area contributed by atoms with Crippen LogP contribution in [0.2, 0.25) is 0 Å². The SMILES string of the molecule is CCNC(Cc1cccc2ccccc12)C1=CCCO1. The van der Waals surface area contributed by atoms with Crippen molar-refractivity contribution >= 4 is 10.8 Å². The molecule has 2 heteroatoms. The molecule has 0 spiro atoms. The zero-order valence-electron chi connectivity index (χ0n) is 11.9. The summed E-state index contributed by atoms with van der Waals surface area (Å²) in [5.74, 6) is 1.11. The third-order valence-electron chi connectivity index (χ3n) is 3.83. The Bertz CT molecular complexity index is 612. The first-order valence-corrected chi connectivity index (χ1v) is 7.41. The molecule has 0 saturated heterocycles. The van der Waals surface area contributed by atoms with Gasteiger partial charge in [0.25, 0.3) is 0 Å². The van der Waals surface area contributed by atoms with Crippen molar-refractivity contribution in [2.45, 2.75) is 25.8 Å². The molecule has 0 saturated carbocycles. The van der Waals surface area contributed by atoms with Crippen molar-refractivity contribution in [1.82, 2.24) is 5.32 Å². The molecule has 1 heterocycles. The topological polar surface area (TPSA) is 21.3 Å². The number of benzene rings is 2. The zero-order chi connectivity index (χ0) is 13.8. The highest BCUT2D eigenvalue weighted by Gasteiger charge is 2.19. The lowest BCUT2D eigenvalue weighted by atomic mass is 9.98. The molecule has 20 heavy (non-hydrogen) atoms. The summed E-state index contributed by atoms with van der Waals surface area (Å²) >= 11 is 0. The van der Waals surface area contributed by atoms with Crippen molar-refractivity contribution in [2.24, 2.45) is 0 Å². The Balaban J connectivity index is 1.90. The average Bonchev–Trinajstić information content (AvgIpc) is 3.01. The predicted octanol–water partition coefficient (Wildman–Crippen LogP) is 3.66. The van der Waals surface area contributed by atoms with Crippen molar-refractivity contribution in [1.29, 1.82) is 0 Å². The lowest BCUT2D eigenvalue weighted by Crippen LogP contribution is -2.33. The second kappa shape index (κ2) is 6.10. The number of hydrogen-bond acceptors (Lipinski definition) is 2. The maximum Gasteiger partial charge on any atom is 0.109 e. The molecule has 1 N–H and O–H groups in total. The highest BCUT2D eigenvalue weighted by atomic mass is 16.5. The molecule has 104 valence electrons. The summed E-state index contributed by atoms with van der Waals surface area (Å²) in [5.41, 5.74) is 1.38. The third-order valence-corrected chi connectivity index (χ3v) is 3.83. The van der Waals surface area contributed by atoms with E-state index in [9.17, 15) is 0 Å². The Hall–Kier alpha value is -1.80. The molecule has 1 atom stereocenters. The summed E-state index contributed by atoms with van der Waals surface area (Å²) in [6, 6.07) is 15.4. The molecular formula is C18H21NO. The fourth-order valence-electron chi connectivity index (χ4n) is 2.89. The van der Waals surface area contributed by atoms with Gasteiger partial charge in [0.1, 0.15) is 5.76 Å². The first-order chi connectivity index (χ1) is 9.88. The lowest BCUT2D eigenvalue weighted by molar-refractivity contribution is 0.215. The molecule has 2 nitrogen and oxygen atoms in total. The molecule has 3 rings (SSSR count). The minimum absolute atomic E-state index is 0.285. The van der Waals surface area contributed by atoms with E-state index in [0.717, 1.165) is 31.8 Å². The van der Waals surface area contributed by atoms with Crippen LogP contribution in [0.4, 0.5) is 0 Å². The van der Waals surface area contributed by atoms with E-state index >= 15 is 0 Å². The van der Waals surface area contributed by atoms with Crippen LogP contribution in [0.1, 0.15) is 18.9 Å². The molecule has 0 amide bonds. The molecule has 1 unspecified atom stereocenters. The van der Waals surface area contributed by atoms with E-state index in [1.807, 2.05) is 0 Å². The summed E-state index contributed by atoms with van der Waals surface area (Å²) in [4.78, 5) is 0. The molecule has 0 aromatic heterocycles. The van der Waals surface area contributed by atoms with E-state index in [1.54, 1.807) is 0 Å². The summed E-state index contributed by atoms with van der Waals surface area (Å²) < 4.78 is 5.75. The van der Waals surface area contributed by atoms with Crippen molar-refractivity contribution in [3.8, 4) is 0 Å². The Labute approximate surface area is 120 Å². The minimum Gasteiger partial charge on any atom is -0.496 e. The molecule has 2 aromatic rings. The average molecular weight is 267 g/mol. The maximum absolute atomic E-state index is 5.75. The van der Waals surface area contributed by atoms with E-state index in [-0.39, 0.29) is 6.04 Å². The van der Waals surface area contributed by atoms with E-state index in [4.69, 9.17) is 4.74 Å². The largest absolute Gasteiger partial charge is 0.496 e. The summed E-state index contributed by atoms with van der Waals surface area (Å²) in [6.07, 6.45) is 4.23. The van der Waals surface area contributed by atoms with Gasteiger partial charge in [-0.05, 0) is 35.4 Å². The maximum atomic E-state index is 5.75. The van der Waals surface area contributed by atoms with E-state index in [1.165, 1.54) is 16.3 Å². The fourth-order valence-corrected chi connectivity index (χ4v) is 2.89. The predicted molar refractivity (Wildman–Crippen MR) is 83.8 cm³/mol. The molecule has 1 aliphatic rings. The lowest BCUT2D eigenvalue weighted by Gasteiger charge is -2.20. The number of hydrogen-bond donors (Lipinski definition) is 1. The molecule has 0 bridgehead atoms. The molecule has 0 aliphatic carbocycles. The van der Waals surface area contributed by atoms with Gasteiger partial charge >= 0.3 is 0 Å². The Morgan fingerprint density at radius 1 is 1.15 bits per heavy atom. The van der Waals surface area contributed by atoms with Gasteiger partial charge in [0.15, 0.2) is 0 Å². The Kier molecular flexibility index (Phi) is 4.03. The fraction of sp³-hybridized carbons (Fsp3) is 0.333. The zero-order valence-corrected chi connectivity index (χ0v) is 11.9. The Morgan fingerprint density at radius 2 is 2.00 bits per heavy atom. The van der Waals surface area contributed by atoms with Crippen molar-refractivity contribution in [2.75, 3.05) is 13.2 Å². The standard InChI is InChI=1S/C18H21NO/c1-2-19-17(18-11-6-12-20-18)13-15-9-5-8-14-7-3-4-10-16(14)15/h3-5,7-11,17,19H,2,6,12-13H2,1H3. The van der Waals surface area contributed by atoms with Crippen LogP contribution in [-0.2, 0) is 11.2 Å². The van der Waals surface area contributed by atoms with Gasteiger partial charge in [0.2, 0.25) is 0 Å². The van der Waals surface area contributed by atoms with Crippen molar-refractivity contribution < 1.29 is 4.74 Å². The summed E-state index contributed by atoms with van der Waals surface area (Å²) in [6.45, 7) is 3.93. The number of ether oxygens (including phenoxy) is 1. The van der Waals surface area contributed by atoms with Crippen molar-refractivity contribution in [3.05, 3.63) is 59.9 Å². The van der Waals surface area contributed by atoms with E-state index in [2.05, 4.69) is 60.8 Å². The first-order valence-electron chi connectivity index (χ1n) is 7.41. The monoisotopic (exact) mass is 267 g/mol. The van der Waals surface area contributed by atoms with Gasteiger partial charge in [0.05, 0.1) is 12.6 Å². The van der Waals surface area contributed by atoms with Gasteiger partial charge in [-0.25, -0.2) is 0 Å². The molecule has 2 aromatic carbocycles. The van der Waals surface area contributed by atoms with Gasteiger partial charge in [-0.3, -0.25) is 0 Å². The van der Waals surface area contributed by atoms with Crippen molar-refractivity contribution in [3.63, 3.8) is 0 Å². The quantitative estimate of drug-likeness (QED) is 0.892. The van der Waals surface area contributed by atoms with Gasteiger partial charge < -0.3 is 10.1 Å². The van der Waals surface area contributed by atoms with Crippen LogP contribution in [0.5, 0.6) is 0 Å². The summed E-state index contributed by atoms with van der Waals surface area (Å²) in [5, 5.41) is 6.20. The normalized spacial score (nSPS) is 15.9. The highest BCUT2D eigenvalue weighted by Crippen LogP contribution is 2.23. The van der Waals surface area contributed by atoms with E-state index in [0.29, 0.717) is 0 Å². The minimum atomic E-state index is 0.285. The van der Waals surface area contributed by atoms with E-state index < -0.39 is 0 Å². The number of likely N-dealkylation sites (N-methyl/N-ethyl adjacent to an activating group) is 1. The number of rotatable bonds is 5. The second-order valence-electron chi connectivity index (χ2n) is 5.20. The molecule has 1 aliphatic heterocycles. The van der Waals surface area contributed by atoms with Crippen LogP contribution < -0.4 is 5.32 Å². The number of nitrogens with one attached hydrogen (secondary N) is 1. The number of fused-ring (bicyclic) bond motifs is 1. The van der Waals surface area contributed by atoms with Crippen LogP contribution in [0.15, 0.2) is 54.3 Å². The van der Waals surface area contributed by atoms with Crippen LogP contribution in [-0.4, -0.2) is 19.2 Å². The van der Waals surface area contributed by atoms with Gasteiger partial charge in [-0.15, -0.1) is 0 Å². The second-order valence-corrected chi connectivity index (χ2v) is 5.20. The Morgan fingerprint density at radius 3 is 2.80 bits per heavy atom. The molecule has 0 radical (unpaired) electrons. The van der Waals surface area contributed by atoms with Gasteiger partial charge in [-0.2, -0.15) is 0 Å². The van der Waals surface area contributed by atoms with Crippen LogP contribution in [0, 0.1) is 0 Å². The van der Waals surface area contributed by atoms with Crippen LogP contribution in [0.25, 0.3) is 10.8 Å². The molecule has 0 fully saturated rings. The third kappa shape index (κ3) is 2.70. The van der Waals surface area contributed by atoms with Gasteiger partial charge in [-0.1, -0.05) is 49.4 Å². The van der Waals surface area contributed by atoms with Crippen LogP contribution >= 0.6 is 0 Å². The highest BCUT2D eigenvalue weighted by molar-refractivity contribution is 5.85. The molecular weight excluding hydrogens is 246 g/mol. The summed E-state index contributed by atoms with van der Waals surface area (Å²) in [7, 11) is 0. The van der Waals surface area contributed by atoms with Crippen LogP contribution in [0.3, 0.4) is 0 Å². The first kappa shape index (κ1) is 13.2.